The van der Waals surface area contributed by atoms with Crippen LogP contribution in [0.1, 0.15) is 111 Å². The summed E-state index contributed by atoms with van der Waals surface area (Å²) in [5.41, 5.74) is 17.0. The first kappa shape index (κ1) is 24.5. The van der Waals surface area contributed by atoms with Crippen LogP contribution in [0.25, 0.3) is 33.2 Å². The molecule has 0 amide bonds. The zero-order chi connectivity index (χ0) is 25.7. The number of hydrogen-bond acceptors (Lipinski definition) is 2. The van der Waals surface area contributed by atoms with Crippen LogP contribution in [-0.2, 0) is 6.42 Å². The fourth-order valence-electron chi connectivity index (χ4n) is 6.21. The molecule has 0 aliphatic carbocycles. The molecule has 1 unspecified atom stereocenters. The third-order valence-electron chi connectivity index (χ3n) is 8.51. The molecule has 2 atom stereocenters. The molecule has 0 saturated carbocycles. The van der Waals surface area contributed by atoms with Gasteiger partial charge >= 0.3 is 0 Å². The molecular formula is C32H40N4. The van der Waals surface area contributed by atoms with Crippen molar-refractivity contribution in [2.24, 2.45) is 0 Å². The molecule has 2 aliphatic heterocycles. The molecule has 0 radical (unpaired) electrons. The first-order chi connectivity index (χ1) is 17.3. The lowest BCUT2D eigenvalue weighted by molar-refractivity contribution is 0.548. The van der Waals surface area contributed by atoms with E-state index in [1.54, 1.807) is 0 Å². The maximum Gasteiger partial charge on any atom is 0.0693 e. The third-order valence-corrected chi connectivity index (χ3v) is 8.51. The minimum atomic E-state index is 0.390. The highest BCUT2D eigenvalue weighted by atomic mass is 14.8. The van der Waals surface area contributed by atoms with E-state index in [4.69, 9.17) is 9.97 Å². The third kappa shape index (κ3) is 3.91. The van der Waals surface area contributed by atoms with Crippen molar-refractivity contribution in [1.82, 2.24) is 19.9 Å². The summed E-state index contributed by atoms with van der Waals surface area (Å²) in [5.74, 6) is 0.828. The Morgan fingerprint density at radius 1 is 0.750 bits per heavy atom. The second-order valence-corrected chi connectivity index (χ2v) is 10.7. The van der Waals surface area contributed by atoms with Crippen molar-refractivity contribution in [2.45, 2.75) is 92.9 Å². The molecule has 2 aliphatic rings. The Kier molecular flexibility index (Phi) is 6.40. The van der Waals surface area contributed by atoms with Gasteiger partial charge in [-0.05, 0) is 105 Å². The zero-order valence-electron chi connectivity index (χ0n) is 23.2. The predicted octanol–water partition coefficient (Wildman–Crippen LogP) is 8.83. The average Bonchev–Trinajstić information content (AvgIpc) is 3.54. The minimum Gasteiger partial charge on any atom is -0.355 e. The second-order valence-electron chi connectivity index (χ2n) is 10.7. The maximum absolute atomic E-state index is 5.29. The Bertz CT molecular complexity index is 1530. The predicted molar refractivity (Wildman–Crippen MR) is 153 cm³/mol. The lowest BCUT2D eigenvalue weighted by atomic mass is 9.86. The van der Waals surface area contributed by atoms with Gasteiger partial charge in [-0.25, -0.2) is 4.98 Å². The van der Waals surface area contributed by atoms with Crippen LogP contribution in [0.2, 0.25) is 0 Å². The van der Waals surface area contributed by atoms with Gasteiger partial charge in [-0.15, -0.1) is 0 Å². The summed E-state index contributed by atoms with van der Waals surface area (Å²) in [6, 6.07) is 9.07. The summed E-state index contributed by atoms with van der Waals surface area (Å²) in [4.78, 5) is 17.9. The van der Waals surface area contributed by atoms with E-state index in [2.05, 4.69) is 89.6 Å². The standard InChI is InChI=1S/C32H40N4/c1-9-12-24-20(7)29-15-27-18(5)23(11-3)31(34-27)16-28-19(6)22(10-2)30(35-28)14-25-17(4)13-26(33-25)21(8)32(24)36-29/h13-16,20,24,33-34H,9-12H2,1-8H3/t20?,24-/m0/s1. The first-order valence-corrected chi connectivity index (χ1v) is 13.7. The molecule has 8 bridgehead atoms. The van der Waals surface area contributed by atoms with Gasteiger partial charge in [0, 0.05) is 45.3 Å². The molecule has 188 valence electrons. The molecule has 0 spiro atoms. The monoisotopic (exact) mass is 480 g/mol. The van der Waals surface area contributed by atoms with Crippen molar-refractivity contribution in [3.63, 3.8) is 0 Å². The van der Waals surface area contributed by atoms with E-state index in [1.807, 2.05) is 0 Å². The smallest absolute Gasteiger partial charge is 0.0693 e. The highest BCUT2D eigenvalue weighted by Crippen LogP contribution is 2.41. The minimum absolute atomic E-state index is 0.390. The van der Waals surface area contributed by atoms with Gasteiger partial charge in [0.1, 0.15) is 0 Å². The molecule has 36 heavy (non-hydrogen) atoms. The number of fused-ring (bicyclic) bond motifs is 8. The van der Waals surface area contributed by atoms with E-state index in [1.165, 1.54) is 61.3 Å². The average molecular weight is 481 g/mol. The van der Waals surface area contributed by atoms with E-state index in [9.17, 15) is 0 Å². The van der Waals surface area contributed by atoms with Gasteiger partial charge in [0.05, 0.1) is 11.4 Å². The van der Waals surface area contributed by atoms with Gasteiger partial charge in [0.15, 0.2) is 0 Å². The van der Waals surface area contributed by atoms with Crippen molar-refractivity contribution in [2.75, 3.05) is 0 Å². The van der Waals surface area contributed by atoms with Gasteiger partial charge in [-0.2, -0.15) is 0 Å². The van der Waals surface area contributed by atoms with Crippen LogP contribution in [-0.4, -0.2) is 19.9 Å². The maximum atomic E-state index is 5.29. The summed E-state index contributed by atoms with van der Waals surface area (Å²) in [7, 11) is 0. The van der Waals surface area contributed by atoms with Crippen LogP contribution in [0.15, 0.2) is 24.3 Å². The lowest BCUT2D eigenvalue weighted by Crippen LogP contribution is -2.03. The van der Waals surface area contributed by atoms with E-state index in [0.717, 1.165) is 42.6 Å². The molecule has 3 aromatic rings. The fourth-order valence-corrected chi connectivity index (χ4v) is 6.21. The van der Waals surface area contributed by atoms with Crippen molar-refractivity contribution >= 4 is 33.2 Å². The molecule has 4 heteroatoms. The number of allylic oxidation sites excluding steroid dienone is 2. The van der Waals surface area contributed by atoms with Crippen LogP contribution in [0.3, 0.4) is 0 Å². The molecule has 5 heterocycles. The Labute approximate surface area is 215 Å². The number of aryl methyl sites for hydroxylation is 4. The van der Waals surface area contributed by atoms with Gasteiger partial charge in [-0.3, -0.25) is 4.98 Å². The number of hydrogen-bond donors (Lipinski definition) is 2. The molecule has 0 aromatic carbocycles. The van der Waals surface area contributed by atoms with Gasteiger partial charge in [0.2, 0.25) is 0 Å². The van der Waals surface area contributed by atoms with Crippen LogP contribution in [0, 0.1) is 20.8 Å². The number of nitrogens with zero attached hydrogens (tertiary/aromatic N) is 2. The molecule has 0 saturated heterocycles. The van der Waals surface area contributed by atoms with Crippen LogP contribution >= 0.6 is 0 Å². The highest BCUT2D eigenvalue weighted by Gasteiger charge is 2.29. The molecule has 0 fully saturated rings. The Morgan fingerprint density at radius 3 is 2.14 bits per heavy atom. The Balaban J connectivity index is 1.95. The Hall–Kier alpha value is -3.14. The summed E-state index contributed by atoms with van der Waals surface area (Å²) in [6.07, 6.45) is 4.25. The second kappa shape index (κ2) is 9.38. The summed E-state index contributed by atoms with van der Waals surface area (Å²) < 4.78 is 0. The van der Waals surface area contributed by atoms with Crippen molar-refractivity contribution < 1.29 is 0 Å². The number of aromatic nitrogens is 4. The number of nitrogens with one attached hydrogen (secondary N) is 2. The van der Waals surface area contributed by atoms with Crippen LogP contribution < -0.4 is 0 Å². The first-order valence-electron chi connectivity index (χ1n) is 13.7. The van der Waals surface area contributed by atoms with Crippen molar-refractivity contribution in [3.05, 3.63) is 69.3 Å². The number of H-pyrrole nitrogens is 2. The van der Waals surface area contributed by atoms with E-state index >= 15 is 0 Å². The molecule has 2 N–H and O–H groups in total. The number of rotatable bonds is 4. The summed E-state index contributed by atoms with van der Waals surface area (Å²) >= 11 is 0. The molecule has 4 nitrogen and oxygen atoms in total. The number of aromatic amines is 2. The molecular weight excluding hydrogens is 440 g/mol. The summed E-state index contributed by atoms with van der Waals surface area (Å²) in [5, 5.41) is 0. The van der Waals surface area contributed by atoms with Crippen LogP contribution in [0.5, 0.6) is 0 Å². The zero-order valence-corrected chi connectivity index (χ0v) is 23.2. The lowest BCUT2D eigenvalue weighted by Gasteiger charge is -2.16. The SMILES string of the molecule is CCC[C@@H]1c2nc(cc3[nH]c(cc4nc(cc5[nH]c(cc5C)c2C)C(CC)=C4C)c(CC)c3C)C1C. The fraction of sp³-hybridized carbons (Fsp3) is 0.438. The van der Waals surface area contributed by atoms with Crippen LogP contribution in [0.4, 0.5) is 0 Å². The molecule has 5 rings (SSSR count). The van der Waals surface area contributed by atoms with Gasteiger partial charge in [0.25, 0.3) is 0 Å². The van der Waals surface area contributed by atoms with E-state index in [-0.39, 0.29) is 0 Å². The molecule has 3 aromatic heterocycles. The topological polar surface area (TPSA) is 57.4 Å². The highest BCUT2D eigenvalue weighted by molar-refractivity contribution is 5.92. The Morgan fingerprint density at radius 2 is 1.44 bits per heavy atom. The van der Waals surface area contributed by atoms with Gasteiger partial charge in [-0.1, -0.05) is 34.1 Å². The van der Waals surface area contributed by atoms with Crippen molar-refractivity contribution in [1.29, 1.82) is 0 Å². The normalized spacial score (nSPS) is 17.8. The largest absolute Gasteiger partial charge is 0.355 e. The van der Waals surface area contributed by atoms with E-state index < -0.39 is 0 Å². The quantitative estimate of drug-likeness (QED) is 0.392. The van der Waals surface area contributed by atoms with Crippen molar-refractivity contribution in [3.8, 4) is 0 Å². The van der Waals surface area contributed by atoms with E-state index in [0.29, 0.717) is 11.8 Å². The van der Waals surface area contributed by atoms with Gasteiger partial charge < -0.3 is 9.97 Å². The summed E-state index contributed by atoms with van der Waals surface area (Å²) in [6.45, 7) is 18.0.